The van der Waals surface area contributed by atoms with E-state index < -0.39 is 5.97 Å². The molecule has 0 spiro atoms. The fourth-order valence-electron chi connectivity index (χ4n) is 2.15. The van der Waals surface area contributed by atoms with E-state index >= 15 is 0 Å². The fourth-order valence-corrected chi connectivity index (χ4v) is 2.15. The van der Waals surface area contributed by atoms with Crippen molar-refractivity contribution in [1.29, 1.82) is 0 Å². The molecule has 0 bridgehead atoms. The van der Waals surface area contributed by atoms with E-state index in [9.17, 15) is 9.59 Å². The molecule has 0 saturated carbocycles. The van der Waals surface area contributed by atoms with Crippen LogP contribution in [-0.4, -0.2) is 33.9 Å². The van der Waals surface area contributed by atoms with E-state index in [1.807, 2.05) is 0 Å². The highest BCUT2D eigenvalue weighted by atomic mass is 16.5. The molecule has 1 heterocycles. The van der Waals surface area contributed by atoms with Crippen LogP contribution in [0.25, 0.3) is 11.0 Å². The molecular weight excluding hydrogens is 296 g/mol. The Morgan fingerprint density at radius 1 is 1.13 bits per heavy atom. The first kappa shape index (κ1) is 14.7. The van der Waals surface area contributed by atoms with Gasteiger partial charge in [-0.25, -0.2) is 4.79 Å². The molecule has 0 unspecified atom stereocenters. The number of aromatic nitrogens is 3. The predicted molar refractivity (Wildman–Crippen MR) is 84.2 cm³/mol. The molecule has 1 amide bonds. The fraction of sp³-hybridized carbons (Fsp3) is 0.125. The summed E-state index contributed by atoms with van der Waals surface area (Å²) < 4.78 is 4.99. The van der Waals surface area contributed by atoms with E-state index in [1.54, 1.807) is 49.4 Å². The van der Waals surface area contributed by atoms with Crippen molar-refractivity contribution in [3.05, 3.63) is 53.6 Å². The number of anilines is 1. The van der Waals surface area contributed by atoms with E-state index in [0.29, 0.717) is 27.8 Å². The van der Waals surface area contributed by atoms with Gasteiger partial charge in [-0.15, -0.1) is 0 Å². The zero-order valence-electron chi connectivity index (χ0n) is 12.4. The second kappa shape index (κ2) is 6.27. The summed E-state index contributed by atoms with van der Waals surface area (Å²) in [6.07, 6.45) is 0. The molecule has 2 N–H and O–H groups in total. The molecular formula is C16H14N4O3. The Labute approximate surface area is 131 Å². The number of hydrogen-bond donors (Lipinski definition) is 2. The number of H-pyrrole nitrogens is 1. The molecule has 0 radical (unpaired) electrons. The first-order valence-corrected chi connectivity index (χ1v) is 7.07. The van der Waals surface area contributed by atoms with Gasteiger partial charge in [0, 0.05) is 5.56 Å². The van der Waals surface area contributed by atoms with Crippen molar-refractivity contribution in [2.45, 2.75) is 6.92 Å². The van der Waals surface area contributed by atoms with Gasteiger partial charge < -0.3 is 10.1 Å². The van der Waals surface area contributed by atoms with Crippen LogP contribution in [-0.2, 0) is 4.74 Å². The molecule has 3 rings (SSSR count). The molecule has 3 aromatic rings. The Morgan fingerprint density at radius 3 is 2.74 bits per heavy atom. The first-order chi connectivity index (χ1) is 11.2. The summed E-state index contributed by atoms with van der Waals surface area (Å²) in [6.45, 7) is 2.00. The van der Waals surface area contributed by atoms with E-state index in [2.05, 4.69) is 20.7 Å². The number of esters is 1. The second-order valence-corrected chi connectivity index (χ2v) is 4.75. The molecule has 1 aromatic heterocycles. The molecule has 23 heavy (non-hydrogen) atoms. The Kier molecular flexibility index (Phi) is 4.01. The lowest BCUT2D eigenvalue weighted by atomic mass is 10.1. The van der Waals surface area contributed by atoms with Crippen molar-refractivity contribution >= 4 is 28.6 Å². The van der Waals surface area contributed by atoms with E-state index in [1.165, 1.54) is 0 Å². The van der Waals surface area contributed by atoms with Crippen LogP contribution >= 0.6 is 0 Å². The monoisotopic (exact) mass is 310 g/mol. The van der Waals surface area contributed by atoms with Crippen molar-refractivity contribution in [1.82, 2.24) is 15.4 Å². The number of hydrogen-bond acceptors (Lipinski definition) is 5. The van der Waals surface area contributed by atoms with Gasteiger partial charge in [0.2, 0.25) is 0 Å². The summed E-state index contributed by atoms with van der Waals surface area (Å²) in [7, 11) is 0. The smallest absolute Gasteiger partial charge is 0.340 e. The Hall–Kier alpha value is -3.22. The zero-order valence-corrected chi connectivity index (χ0v) is 12.4. The highest BCUT2D eigenvalue weighted by Gasteiger charge is 2.15. The summed E-state index contributed by atoms with van der Waals surface area (Å²) in [5, 5.41) is 13.1. The van der Waals surface area contributed by atoms with Crippen LogP contribution in [0.2, 0.25) is 0 Å². The third-order valence-corrected chi connectivity index (χ3v) is 3.25. The summed E-state index contributed by atoms with van der Waals surface area (Å²) in [6, 6.07) is 11.7. The van der Waals surface area contributed by atoms with E-state index in [0.717, 1.165) is 0 Å². The molecule has 0 aliphatic rings. The SMILES string of the molecule is CCOC(=O)c1ccccc1NC(=O)c1ccc2n[nH]nc2c1. The molecule has 0 saturated heterocycles. The maximum absolute atomic E-state index is 12.4. The van der Waals surface area contributed by atoms with Gasteiger partial charge in [0.15, 0.2) is 0 Å². The van der Waals surface area contributed by atoms with Crippen LogP contribution in [0.1, 0.15) is 27.6 Å². The van der Waals surface area contributed by atoms with Crippen LogP contribution in [0, 0.1) is 0 Å². The molecule has 0 atom stereocenters. The molecule has 116 valence electrons. The van der Waals surface area contributed by atoms with Gasteiger partial charge in [0.25, 0.3) is 5.91 Å². The highest BCUT2D eigenvalue weighted by molar-refractivity contribution is 6.09. The number of rotatable bonds is 4. The summed E-state index contributed by atoms with van der Waals surface area (Å²) >= 11 is 0. The van der Waals surface area contributed by atoms with Gasteiger partial charge in [-0.2, -0.15) is 15.4 Å². The first-order valence-electron chi connectivity index (χ1n) is 7.07. The minimum absolute atomic E-state index is 0.268. The largest absolute Gasteiger partial charge is 0.462 e. The third-order valence-electron chi connectivity index (χ3n) is 3.25. The van der Waals surface area contributed by atoms with Crippen molar-refractivity contribution in [3.8, 4) is 0 Å². The third kappa shape index (κ3) is 3.03. The van der Waals surface area contributed by atoms with Gasteiger partial charge in [0.1, 0.15) is 11.0 Å². The van der Waals surface area contributed by atoms with Crippen molar-refractivity contribution in [3.63, 3.8) is 0 Å². The zero-order chi connectivity index (χ0) is 16.2. The predicted octanol–water partition coefficient (Wildman–Crippen LogP) is 2.39. The number of fused-ring (bicyclic) bond motifs is 1. The lowest BCUT2D eigenvalue weighted by molar-refractivity contribution is 0.0527. The van der Waals surface area contributed by atoms with Crippen LogP contribution in [0.4, 0.5) is 5.69 Å². The Balaban J connectivity index is 1.86. The maximum Gasteiger partial charge on any atom is 0.340 e. The van der Waals surface area contributed by atoms with Crippen LogP contribution in [0.5, 0.6) is 0 Å². The lowest BCUT2D eigenvalue weighted by Gasteiger charge is -2.10. The van der Waals surface area contributed by atoms with Crippen molar-refractivity contribution in [2.24, 2.45) is 0 Å². The Morgan fingerprint density at radius 2 is 1.91 bits per heavy atom. The molecule has 7 nitrogen and oxygen atoms in total. The Bertz CT molecular complexity index is 872. The van der Waals surface area contributed by atoms with Gasteiger partial charge in [-0.1, -0.05) is 12.1 Å². The number of amides is 1. The lowest BCUT2D eigenvalue weighted by Crippen LogP contribution is -2.15. The van der Waals surface area contributed by atoms with Gasteiger partial charge in [-0.05, 0) is 37.3 Å². The summed E-state index contributed by atoms with van der Waals surface area (Å²) in [4.78, 5) is 24.3. The number of carbonyl (C=O) groups is 2. The number of aromatic amines is 1. The van der Waals surface area contributed by atoms with Crippen LogP contribution in [0.15, 0.2) is 42.5 Å². The second-order valence-electron chi connectivity index (χ2n) is 4.75. The van der Waals surface area contributed by atoms with Crippen molar-refractivity contribution in [2.75, 3.05) is 11.9 Å². The van der Waals surface area contributed by atoms with Crippen molar-refractivity contribution < 1.29 is 14.3 Å². The normalized spacial score (nSPS) is 10.5. The molecule has 7 heteroatoms. The number of ether oxygens (including phenoxy) is 1. The maximum atomic E-state index is 12.4. The number of carbonyl (C=O) groups excluding carboxylic acids is 2. The van der Waals surface area contributed by atoms with Crippen LogP contribution in [0.3, 0.4) is 0 Å². The molecule has 0 fully saturated rings. The minimum Gasteiger partial charge on any atom is -0.462 e. The van der Waals surface area contributed by atoms with Gasteiger partial charge in [0.05, 0.1) is 17.9 Å². The number of para-hydroxylation sites is 1. The number of nitrogens with one attached hydrogen (secondary N) is 2. The minimum atomic E-state index is -0.477. The van der Waals surface area contributed by atoms with Crippen LogP contribution < -0.4 is 5.32 Å². The van der Waals surface area contributed by atoms with E-state index in [-0.39, 0.29) is 12.5 Å². The molecule has 0 aliphatic carbocycles. The highest BCUT2D eigenvalue weighted by Crippen LogP contribution is 2.18. The quantitative estimate of drug-likeness (QED) is 0.721. The molecule has 2 aromatic carbocycles. The van der Waals surface area contributed by atoms with Gasteiger partial charge >= 0.3 is 5.97 Å². The number of nitrogens with zero attached hydrogens (tertiary/aromatic N) is 2. The molecule has 0 aliphatic heterocycles. The summed E-state index contributed by atoms with van der Waals surface area (Å²) in [5.41, 5.74) is 2.40. The van der Waals surface area contributed by atoms with E-state index in [4.69, 9.17) is 4.74 Å². The average Bonchev–Trinajstić information content (AvgIpc) is 3.03. The van der Waals surface area contributed by atoms with Gasteiger partial charge in [-0.3, -0.25) is 4.79 Å². The summed E-state index contributed by atoms with van der Waals surface area (Å²) in [5.74, 6) is -0.818. The standard InChI is InChI=1S/C16H14N4O3/c1-2-23-16(22)11-5-3-4-6-12(11)17-15(21)10-7-8-13-14(9-10)19-20-18-13/h3-9H,2H2,1H3,(H,17,21)(H,18,19,20). The number of benzene rings is 2. The average molecular weight is 310 g/mol. The topological polar surface area (TPSA) is 97.0 Å².